The van der Waals surface area contributed by atoms with E-state index in [4.69, 9.17) is 10.2 Å². The monoisotopic (exact) mass is 278 g/mol. The van der Waals surface area contributed by atoms with Gasteiger partial charge in [0.15, 0.2) is 6.04 Å². The van der Waals surface area contributed by atoms with Crippen molar-refractivity contribution >= 4 is 23.5 Å². The molecule has 4 N–H and O–H groups in total. The second kappa shape index (κ2) is 5.70. The van der Waals surface area contributed by atoms with Crippen molar-refractivity contribution in [2.24, 2.45) is 0 Å². The van der Waals surface area contributed by atoms with Gasteiger partial charge in [0.2, 0.25) is 5.91 Å². The third kappa shape index (κ3) is 2.94. The minimum Gasteiger partial charge on any atom is -0.480 e. The first-order valence-electron chi connectivity index (χ1n) is 6.08. The summed E-state index contributed by atoms with van der Waals surface area (Å²) < 4.78 is 0. The smallest absolute Gasteiger partial charge is 0.328 e. The van der Waals surface area contributed by atoms with Crippen LogP contribution in [0.1, 0.15) is 22.3 Å². The second-order valence-corrected chi connectivity index (χ2v) is 4.47. The lowest BCUT2D eigenvalue weighted by Gasteiger charge is -2.18. The number of benzene rings is 1. The number of carboxylic acids is 1. The maximum absolute atomic E-state index is 11.9. The Morgan fingerprint density at radius 1 is 1.35 bits per heavy atom. The Morgan fingerprint density at radius 3 is 2.75 bits per heavy atom. The Labute approximate surface area is 114 Å². The molecule has 7 nitrogen and oxygen atoms in total. The molecule has 20 heavy (non-hydrogen) atoms. The van der Waals surface area contributed by atoms with Crippen molar-refractivity contribution in [1.82, 2.24) is 5.32 Å². The Hall–Kier alpha value is -2.41. The van der Waals surface area contributed by atoms with Gasteiger partial charge in [-0.3, -0.25) is 9.59 Å². The number of nitrogens with one attached hydrogen (secondary N) is 2. The molecule has 1 atom stereocenters. The van der Waals surface area contributed by atoms with E-state index in [1.54, 1.807) is 12.1 Å². The number of anilines is 1. The van der Waals surface area contributed by atoms with Crippen LogP contribution in [0.4, 0.5) is 5.69 Å². The van der Waals surface area contributed by atoms with Crippen LogP contribution in [0.25, 0.3) is 0 Å². The maximum atomic E-state index is 11.9. The fourth-order valence-electron chi connectivity index (χ4n) is 1.95. The van der Waals surface area contributed by atoms with Gasteiger partial charge in [0.1, 0.15) is 0 Å². The fourth-order valence-corrected chi connectivity index (χ4v) is 1.95. The normalized spacial score (nSPS) is 14.9. The Kier molecular flexibility index (Phi) is 3.99. The molecule has 0 spiro atoms. The number of fused-ring (bicyclic) bond motifs is 1. The quantitative estimate of drug-likeness (QED) is 0.606. The highest BCUT2D eigenvalue weighted by Gasteiger charge is 2.21. The van der Waals surface area contributed by atoms with Crippen molar-refractivity contribution in [2.75, 3.05) is 11.9 Å². The lowest BCUT2D eigenvalue weighted by atomic mass is 10.00. The summed E-state index contributed by atoms with van der Waals surface area (Å²) in [6, 6.07) is 3.38. The number of hydrogen-bond acceptors (Lipinski definition) is 4. The maximum Gasteiger partial charge on any atom is 0.328 e. The second-order valence-electron chi connectivity index (χ2n) is 4.47. The predicted molar refractivity (Wildman–Crippen MR) is 69.4 cm³/mol. The molecule has 0 bridgehead atoms. The van der Waals surface area contributed by atoms with Crippen LogP contribution >= 0.6 is 0 Å². The molecule has 0 saturated carbocycles. The standard InChI is InChI=1S/C13H14N2O5/c16-6-10(13(19)20)15-12(18)8-1-3-9-7(5-8)2-4-11(17)14-9/h1,3,5,10,16H,2,4,6H2,(H,14,17)(H,15,18)(H,19,20). The zero-order chi connectivity index (χ0) is 14.7. The van der Waals surface area contributed by atoms with E-state index in [1.165, 1.54) is 6.07 Å². The summed E-state index contributed by atoms with van der Waals surface area (Å²) in [7, 11) is 0. The Balaban J connectivity index is 2.15. The lowest BCUT2D eigenvalue weighted by Crippen LogP contribution is -2.43. The van der Waals surface area contributed by atoms with Crippen molar-refractivity contribution in [1.29, 1.82) is 0 Å². The summed E-state index contributed by atoms with van der Waals surface area (Å²) in [5.74, 6) is -1.95. The summed E-state index contributed by atoms with van der Waals surface area (Å²) >= 11 is 0. The third-order valence-electron chi connectivity index (χ3n) is 3.05. The number of aliphatic hydroxyl groups excluding tert-OH is 1. The minimum atomic E-state index is -1.33. The van der Waals surface area contributed by atoms with Crippen LogP contribution in [-0.4, -0.2) is 40.6 Å². The van der Waals surface area contributed by atoms with Crippen LogP contribution in [0, 0.1) is 0 Å². The fraction of sp³-hybridized carbons (Fsp3) is 0.308. The highest BCUT2D eigenvalue weighted by Crippen LogP contribution is 2.23. The molecule has 2 rings (SSSR count). The molecule has 1 unspecified atom stereocenters. The topological polar surface area (TPSA) is 116 Å². The van der Waals surface area contributed by atoms with Gasteiger partial charge in [0.05, 0.1) is 6.61 Å². The zero-order valence-electron chi connectivity index (χ0n) is 10.5. The molecular weight excluding hydrogens is 264 g/mol. The van der Waals surface area contributed by atoms with Gasteiger partial charge in [0, 0.05) is 17.7 Å². The minimum absolute atomic E-state index is 0.0686. The van der Waals surface area contributed by atoms with Crippen LogP contribution < -0.4 is 10.6 Å². The summed E-state index contributed by atoms with van der Waals surface area (Å²) in [6.07, 6.45) is 0.886. The van der Waals surface area contributed by atoms with Gasteiger partial charge in [-0.15, -0.1) is 0 Å². The molecule has 2 amide bonds. The molecule has 106 valence electrons. The highest BCUT2D eigenvalue weighted by atomic mass is 16.4. The molecule has 7 heteroatoms. The van der Waals surface area contributed by atoms with E-state index in [0.717, 1.165) is 5.56 Å². The average molecular weight is 278 g/mol. The molecule has 1 aliphatic heterocycles. The van der Waals surface area contributed by atoms with E-state index in [0.29, 0.717) is 24.1 Å². The molecule has 0 aromatic heterocycles. The van der Waals surface area contributed by atoms with E-state index in [1.807, 2.05) is 0 Å². The molecule has 0 fully saturated rings. The molecule has 1 heterocycles. The number of aliphatic hydroxyl groups is 1. The van der Waals surface area contributed by atoms with Gasteiger partial charge >= 0.3 is 5.97 Å². The number of carboxylic acid groups (broad SMARTS) is 1. The van der Waals surface area contributed by atoms with Gasteiger partial charge in [-0.25, -0.2) is 4.79 Å². The van der Waals surface area contributed by atoms with Gasteiger partial charge in [-0.2, -0.15) is 0 Å². The van der Waals surface area contributed by atoms with Crippen molar-refractivity contribution in [3.05, 3.63) is 29.3 Å². The molecular formula is C13H14N2O5. The molecule has 1 aromatic carbocycles. The predicted octanol–water partition coefficient (Wildman–Crippen LogP) is -0.253. The van der Waals surface area contributed by atoms with Crippen LogP contribution in [0.15, 0.2) is 18.2 Å². The van der Waals surface area contributed by atoms with E-state index < -0.39 is 24.5 Å². The summed E-state index contributed by atoms with van der Waals surface area (Å²) in [5.41, 5.74) is 1.78. The van der Waals surface area contributed by atoms with Crippen LogP contribution in [0.3, 0.4) is 0 Å². The van der Waals surface area contributed by atoms with Crippen LogP contribution in [0.5, 0.6) is 0 Å². The highest BCUT2D eigenvalue weighted by molar-refractivity contribution is 5.99. The number of amides is 2. The van der Waals surface area contributed by atoms with E-state index in [2.05, 4.69) is 10.6 Å². The first kappa shape index (κ1) is 14.0. The van der Waals surface area contributed by atoms with Crippen molar-refractivity contribution in [2.45, 2.75) is 18.9 Å². The average Bonchev–Trinajstić information content (AvgIpc) is 2.43. The lowest BCUT2D eigenvalue weighted by molar-refractivity contribution is -0.140. The van der Waals surface area contributed by atoms with Gasteiger partial charge in [-0.05, 0) is 30.2 Å². The zero-order valence-corrected chi connectivity index (χ0v) is 10.5. The molecule has 0 aliphatic carbocycles. The SMILES string of the molecule is O=C1CCc2cc(C(=O)NC(CO)C(=O)O)ccc2N1. The molecule has 1 aromatic rings. The van der Waals surface area contributed by atoms with Gasteiger partial charge < -0.3 is 20.8 Å². The van der Waals surface area contributed by atoms with Crippen LogP contribution in [-0.2, 0) is 16.0 Å². The number of hydrogen-bond donors (Lipinski definition) is 4. The number of carbonyl (C=O) groups excluding carboxylic acids is 2. The number of aliphatic carboxylic acids is 1. The summed E-state index contributed by atoms with van der Waals surface area (Å²) in [6.45, 7) is -0.679. The van der Waals surface area contributed by atoms with Crippen molar-refractivity contribution in [3.63, 3.8) is 0 Å². The van der Waals surface area contributed by atoms with Gasteiger partial charge in [-0.1, -0.05) is 0 Å². The number of carbonyl (C=O) groups is 3. The van der Waals surface area contributed by atoms with Crippen LogP contribution in [0.2, 0.25) is 0 Å². The first-order chi connectivity index (χ1) is 9.51. The number of aryl methyl sites for hydroxylation is 1. The molecule has 0 saturated heterocycles. The molecule has 0 radical (unpaired) electrons. The Morgan fingerprint density at radius 2 is 2.10 bits per heavy atom. The van der Waals surface area contributed by atoms with Crippen molar-refractivity contribution in [3.8, 4) is 0 Å². The van der Waals surface area contributed by atoms with E-state index >= 15 is 0 Å². The first-order valence-corrected chi connectivity index (χ1v) is 6.08. The van der Waals surface area contributed by atoms with Crippen molar-refractivity contribution < 1.29 is 24.6 Å². The Bertz CT molecular complexity index is 570. The van der Waals surface area contributed by atoms with Gasteiger partial charge in [0.25, 0.3) is 5.91 Å². The summed E-state index contributed by atoms with van der Waals surface area (Å²) in [4.78, 5) is 33.9. The summed E-state index contributed by atoms with van der Waals surface area (Å²) in [5, 5.41) is 22.6. The molecule has 1 aliphatic rings. The van der Waals surface area contributed by atoms with E-state index in [9.17, 15) is 14.4 Å². The number of rotatable bonds is 4. The largest absolute Gasteiger partial charge is 0.480 e. The third-order valence-corrected chi connectivity index (χ3v) is 3.05. The van der Waals surface area contributed by atoms with E-state index in [-0.39, 0.29) is 5.91 Å².